The number of aryl methyl sites for hydroxylation is 1. The molecule has 0 aliphatic heterocycles. The summed E-state index contributed by atoms with van der Waals surface area (Å²) < 4.78 is 25.2. The second kappa shape index (κ2) is 7.13. The fraction of sp³-hybridized carbons (Fsp3) is 0.500. The lowest BCUT2D eigenvalue weighted by Gasteiger charge is -2.24. The third-order valence-electron chi connectivity index (χ3n) is 2.82. The molecule has 0 heterocycles. The van der Waals surface area contributed by atoms with Gasteiger partial charge >= 0.3 is 0 Å². The van der Waals surface area contributed by atoms with Gasteiger partial charge in [0.05, 0.1) is 11.9 Å². The van der Waals surface area contributed by atoms with Crippen LogP contribution in [0.25, 0.3) is 0 Å². The number of sulfonamides is 1. The molecular formula is C14H21ClN2O3S. The number of benzene rings is 1. The molecule has 118 valence electrons. The van der Waals surface area contributed by atoms with Crippen LogP contribution in [0.15, 0.2) is 18.2 Å². The molecule has 0 atom stereocenters. The maximum Gasteiger partial charge on any atom is 0.232 e. The summed E-state index contributed by atoms with van der Waals surface area (Å²) in [5.74, 6) is -0.176. The van der Waals surface area contributed by atoms with Crippen molar-refractivity contribution in [3.05, 3.63) is 28.8 Å². The summed E-state index contributed by atoms with van der Waals surface area (Å²) in [4.78, 5) is 11.7. The van der Waals surface area contributed by atoms with Gasteiger partial charge in [-0.3, -0.25) is 9.10 Å². The van der Waals surface area contributed by atoms with Crippen LogP contribution < -0.4 is 9.62 Å². The second-order valence-corrected chi connectivity index (χ2v) is 7.58. The van der Waals surface area contributed by atoms with Crippen LogP contribution in [0, 0.1) is 6.92 Å². The van der Waals surface area contributed by atoms with E-state index in [-0.39, 0.29) is 24.9 Å². The van der Waals surface area contributed by atoms with Crippen molar-refractivity contribution in [2.75, 3.05) is 17.1 Å². The van der Waals surface area contributed by atoms with E-state index in [1.54, 1.807) is 25.1 Å². The standard InChI is InChI=1S/C14H21ClN2O3S/c1-10(2)16-14(18)7-8-17(21(4,19)20)13-6-5-12(15)9-11(13)3/h5-6,9-10H,7-8H2,1-4H3,(H,16,18). The van der Waals surface area contributed by atoms with Gasteiger partial charge in [0.25, 0.3) is 0 Å². The first-order chi connectivity index (χ1) is 9.61. The van der Waals surface area contributed by atoms with Crippen molar-refractivity contribution in [2.45, 2.75) is 33.2 Å². The van der Waals surface area contributed by atoms with Crippen molar-refractivity contribution in [2.24, 2.45) is 0 Å². The highest BCUT2D eigenvalue weighted by Crippen LogP contribution is 2.25. The monoisotopic (exact) mass is 332 g/mol. The lowest BCUT2D eigenvalue weighted by atomic mass is 10.2. The maximum absolute atomic E-state index is 12.0. The maximum atomic E-state index is 12.0. The topological polar surface area (TPSA) is 66.5 Å². The minimum Gasteiger partial charge on any atom is -0.354 e. The van der Waals surface area contributed by atoms with Crippen LogP contribution in [0.5, 0.6) is 0 Å². The van der Waals surface area contributed by atoms with Gasteiger partial charge in [0, 0.05) is 24.0 Å². The quantitative estimate of drug-likeness (QED) is 0.869. The molecule has 0 unspecified atom stereocenters. The SMILES string of the molecule is Cc1cc(Cl)ccc1N(CCC(=O)NC(C)C)S(C)(=O)=O. The van der Waals surface area contributed by atoms with Crippen LogP contribution in [-0.2, 0) is 14.8 Å². The summed E-state index contributed by atoms with van der Waals surface area (Å²) in [7, 11) is -3.47. The van der Waals surface area contributed by atoms with Gasteiger partial charge in [-0.2, -0.15) is 0 Å². The molecule has 1 N–H and O–H groups in total. The molecule has 0 aliphatic rings. The molecule has 0 spiro atoms. The fourth-order valence-electron chi connectivity index (χ4n) is 1.96. The van der Waals surface area contributed by atoms with Crippen molar-refractivity contribution in [3.63, 3.8) is 0 Å². The Kier molecular flexibility index (Phi) is 6.04. The van der Waals surface area contributed by atoms with Crippen molar-refractivity contribution in [3.8, 4) is 0 Å². The number of carbonyl (C=O) groups excluding carboxylic acids is 1. The third kappa shape index (κ3) is 5.55. The van der Waals surface area contributed by atoms with Crippen molar-refractivity contribution in [1.82, 2.24) is 5.32 Å². The summed E-state index contributed by atoms with van der Waals surface area (Å²) >= 11 is 5.89. The molecule has 1 aromatic rings. The molecule has 0 fully saturated rings. The molecule has 0 saturated heterocycles. The summed E-state index contributed by atoms with van der Waals surface area (Å²) in [6.07, 6.45) is 1.23. The fourth-order valence-corrected chi connectivity index (χ4v) is 3.17. The highest BCUT2D eigenvalue weighted by atomic mass is 35.5. The van der Waals surface area contributed by atoms with E-state index >= 15 is 0 Å². The normalized spacial score (nSPS) is 11.5. The van der Waals surface area contributed by atoms with Gasteiger partial charge in [0.1, 0.15) is 0 Å². The molecule has 1 amide bonds. The summed E-state index contributed by atoms with van der Waals surface area (Å²) in [6.45, 7) is 5.60. The summed E-state index contributed by atoms with van der Waals surface area (Å²) in [5, 5.41) is 3.29. The zero-order valence-corrected chi connectivity index (χ0v) is 14.3. The van der Waals surface area contributed by atoms with Crippen molar-refractivity contribution < 1.29 is 13.2 Å². The first kappa shape index (κ1) is 17.8. The minimum atomic E-state index is -3.47. The molecule has 5 nitrogen and oxygen atoms in total. The lowest BCUT2D eigenvalue weighted by molar-refractivity contribution is -0.121. The van der Waals surface area contributed by atoms with E-state index in [0.717, 1.165) is 11.8 Å². The average Bonchev–Trinajstić information content (AvgIpc) is 2.29. The van der Waals surface area contributed by atoms with E-state index in [4.69, 9.17) is 11.6 Å². The molecule has 0 bridgehead atoms. The largest absolute Gasteiger partial charge is 0.354 e. The molecule has 0 saturated carbocycles. The number of halogens is 1. The number of hydrogen-bond donors (Lipinski definition) is 1. The number of hydrogen-bond acceptors (Lipinski definition) is 3. The number of nitrogens with zero attached hydrogens (tertiary/aromatic N) is 1. The van der Waals surface area contributed by atoms with Gasteiger partial charge in [-0.15, -0.1) is 0 Å². The van der Waals surface area contributed by atoms with E-state index in [1.165, 1.54) is 4.31 Å². The number of carbonyl (C=O) groups is 1. The second-order valence-electron chi connectivity index (χ2n) is 5.24. The van der Waals surface area contributed by atoms with E-state index in [2.05, 4.69) is 5.32 Å². The van der Waals surface area contributed by atoms with Crippen LogP contribution in [0.1, 0.15) is 25.8 Å². The molecule has 1 rings (SSSR count). The van der Waals surface area contributed by atoms with Gasteiger partial charge in [-0.1, -0.05) is 11.6 Å². The highest BCUT2D eigenvalue weighted by molar-refractivity contribution is 7.92. The predicted octanol–water partition coefficient (Wildman–Crippen LogP) is 2.33. The van der Waals surface area contributed by atoms with Gasteiger partial charge in [0.15, 0.2) is 0 Å². The van der Waals surface area contributed by atoms with Gasteiger partial charge in [0.2, 0.25) is 15.9 Å². The first-order valence-corrected chi connectivity index (χ1v) is 8.87. The Morgan fingerprint density at radius 1 is 1.38 bits per heavy atom. The zero-order chi connectivity index (χ0) is 16.2. The predicted molar refractivity (Wildman–Crippen MR) is 86.3 cm³/mol. The average molecular weight is 333 g/mol. The molecule has 21 heavy (non-hydrogen) atoms. The van der Waals surface area contributed by atoms with Crippen LogP contribution in [0.4, 0.5) is 5.69 Å². The Balaban J connectivity index is 2.95. The van der Waals surface area contributed by atoms with Gasteiger partial charge in [-0.05, 0) is 44.5 Å². The van der Waals surface area contributed by atoms with Crippen LogP contribution >= 0.6 is 11.6 Å². The van der Waals surface area contributed by atoms with E-state index < -0.39 is 10.0 Å². The third-order valence-corrected chi connectivity index (χ3v) is 4.23. The molecular weight excluding hydrogens is 312 g/mol. The number of amides is 1. The van der Waals surface area contributed by atoms with Crippen molar-refractivity contribution >= 4 is 33.2 Å². The summed E-state index contributed by atoms with van der Waals surface area (Å²) in [5.41, 5.74) is 1.29. The number of anilines is 1. The van der Waals surface area contributed by atoms with Crippen molar-refractivity contribution in [1.29, 1.82) is 0 Å². The van der Waals surface area contributed by atoms with Crippen LogP contribution in [0.3, 0.4) is 0 Å². The number of rotatable bonds is 6. The van der Waals surface area contributed by atoms with Crippen LogP contribution in [-0.4, -0.2) is 33.2 Å². The van der Waals surface area contributed by atoms with E-state index in [9.17, 15) is 13.2 Å². The number of nitrogens with one attached hydrogen (secondary N) is 1. The molecule has 0 aromatic heterocycles. The Labute approximate surface area is 131 Å². The Bertz CT molecular complexity index is 615. The Morgan fingerprint density at radius 2 is 2.00 bits per heavy atom. The lowest BCUT2D eigenvalue weighted by Crippen LogP contribution is -2.36. The first-order valence-electron chi connectivity index (χ1n) is 6.64. The van der Waals surface area contributed by atoms with Gasteiger partial charge in [-0.25, -0.2) is 8.42 Å². The highest BCUT2D eigenvalue weighted by Gasteiger charge is 2.20. The smallest absolute Gasteiger partial charge is 0.232 e. The zero-order valence-electron chi connectivity index (χ0n) is 12.7. The Hall–Kier alpha value is -1.27. The minimum absolute atomic E-state index is 0.0291. The molecule has 1 aromatic carbocycles. The molecule has 0 aliphatic carbocycles. The molecule has 0 radical (unpaired) electrons. The van der Waals surface area contributed by atoms with E-state index in [1.807, 2.05) is 13.8 Å². The summed E-state index contributed by atoms with van der Waals surface area (Å²) in [6, 6.07) is 5.01. The van der Waals surface area contributed by atoms with E-state index in [0.29, 0.717) is 10.7 Å². The van der Waals surface area contributed by atoms with Crippen LogP contribution in [0.2, 0.25) is 5.02 Å². The Morgan fingerprint density at radius 3 is 2.48 bits per heavy atom. The van der Waals surface area contributed by atoms with Gasteiger partial charge < -0.3 is 5.32 Å². The molecule has 7 heteroatoms.